The lowest BCUT2D eigenvalue weighted by Crippen LogP contribution is -2.16. The molecule has 2 aromatic rings. The number of fused-ring (bicyclic) bond motifs is 1. The van der Waals surface area contributed by atoms with Crippen molar-refractivity contribution in [2.75, 3.05) is 7.11 Å². The van der Waals surface area contributed by atoms with E-state index in [-0.39, 0.29) is 6.42 Å². The third kappa shape index (κ3) is 2.17. The summed E-state index contributed by atoms with van der Waals surface area (Å²) >= 11 is 0. The van der Waals surface area contributed by atoms with Crippen LogP contribution in [0.1, 0.15) is 23.7 Å². The summed E-state index contributed by atoms with van der Waals surface area (Å²) < 4.78 is 7.35. The first-order valence-corrected chi connectivity index (χ1v) is 6.06. The Morgan fingerprint density at radius 2 is 2.21 bits per heavy atom. The average molecular weight is 262 g/mol. The van der Waals surface area contributed by atoms with Crippen LogP contribution >= 0.6 is 0 Å². The molecule has 1 aromatic carbocycles. The van der Waals surface area contributed by atoms with Crippen LogP contribution in [0.2, 0.25) is 0 Å². The van der Waals surface area contributed by atoms with E-state index in [9.17, 15) is 4.79 Å². The van der Waals surface area contributed by atoms with E-state index in [1.807, 2.05) is 36.7 Å². The van der Waals surface area contributed by atoms with Crippen LogP contribution in [0.25, 0.3) is 10.9 Å². The number of hydrogen-bond donors (Lipinski definition) is 2. The minimum atomic E-state index is -0.896. The van der Waals surface area contributed by atoms with Crippen LogP contribution in [-0.2, 0) is 11.8 Å². The molecule has 2 rings (SSSR count). The fraction of sp³-hybridized carbons (Fsp3) is 0.357. The third-order valence-electron chi connectivity index (χ3n) is 3.50. The monoisotopic (exact) mass is 262 g/mol. The molecule has 3 N–H and O–H groups in total. The Morgan fingerprint density at radius 1 is 1.53 bits per heavy atom. The quantitative estimate of drug-likeness (QED) is 0.883. The van der Waals surface area contributed by atoms with E-state index < -0.39 is 12.0 Å². The molecule has 0 radical (unpaired) electrons. The van der Waals surface area contributed by atoms with Crippen molar-refractivity contribution in [3.05, 3.63) is 29.5 Å². The maximum Gasteiger partial charge on any atom is 0.305 e. The zero-order valence-electron chi connectivity index (χ0n) is 11.3. The Hall–Kier alpha value is -2.01. The van der Waals surface area contributed by atoms with Gasteiger partial charge in [-0.25, -0.2) is 0 Å². The number of carboxylic acid groups (broad SMARTS) is 1. The maximum atomic E-state index is 10.8. The molecule has 0 spiro atoms. The van der Waals surface area contributed by atoms with Crippen molar-refractivity contribution >= 4 is 16.9 Å². The van der Waals surface area contributed by atoms with Crippen molar-refractivity contribution < 1.29 is 14.6 Å². The number of benzene rings is 1. The summed E-state index contributed by atoms with van der Waals surface area (Å²) in [6, 6.07) is 5.20. The van der Waals surface area contributed by atoms with Crippen molar-refractivity contribution in [2.45, 2.75) is 19.4 Å². The summed E-state index contributed by atoms with van der Waals surface area (Å²) in [6.45, 7) is 1.94. The van der Waals surface area contributed by atoms with Crippen LogP contribution in [0, 0.1) is 6.92 Å². The van der Waals surface area contributed by atoms with E-state index in [4.69, 9.17) is 15.6 Å². The Morgan fingerprint density at radius 3 is 2.79 bits per heavy atom. The highest BCUT2D eigenvalue weighted by Crippen LogP contribution is 2.35. The largest absolute Gasteiger partial charge is 0.495 e. The number of aliphatic carboxylic acids is 1. The molecule has 0 bridgehead atoms. The molecule has 19 heavy (non-hydrogen) atoms. The zero-order chi connectivity index (χ0) is 14.2. The van der Waals surface area contributed by atoms with Crippen LogP contribution in [0.3, 0.4) is 0 Å². The number of aromatic nitrogens is 1. The molecule has 0 saturated heterocycles. The zero-order valence-corrected chi connectivity index (χ0v) is 11.3. The predicted octanol–water partition coefficient (Wildman–Crippen LogP) is 1.97. The number of carboxylic acids is 1. The summed E-state index contributed by atoms with van der Waals surface area (Å²) in [6.07, 6.45) is -0.0861. The molecule has 0 aliphatic carbocycles. The smallest absolute Gasteiger partial charge is 0.305 e. The third-order valence-corrected chi connectivity index (χ3v) is 3.50. The topological polar surface area (TPSA) is 77.5 Å². The number of nitrogens with zero attached hydrogens (tertiary/aromatic N) is 1. The Balaban J connectivity index is 2.68. The molecular weight excluding hydrogens is 244 g/mol. The summed E-state index contributed by atoms with van der Waals surface area (Å²) in [7, 11) is 3.55. The van der Waals surface area contributed by atoms with E-state index >= 15 is 0 Å². The van der Waals surface area contributed by atoms with E-state index in [1.54, 1.807) is 7.11 Å². The van der Waals surface area contributed by atoms with Gasteiger partial charge >= 0.3 is 5.97 Å². The molecular formula is C14H18N2O3. The minimum Gasteiger partial charge on any atom is -0.495 e. The van der Waals surface area contributed by atoms with Gasteiger partial charge in [-0.1, -0.05) is 12.1 Å². The van der Waals surface area contributed by atoms with Gasteiger partial charge in [-0.15, -0.1) is 0 Å². The molecule has 5 nitrogen and oxygen atoms in total. The highest BCUT2D eigenvalue weighted by Gasteiger charge is 2.21. The van der Waals surface area contributed by atoms with Crippen molar-refractivity contribution in [3.8, 4) is 5.75 Å². The number of hydrogen-bond acceptors (Lipinski definition) is 3. The Labute approximate surface area is 111 Å². The molecule has 5 heteroatoms. The van der Waals surface area contributed by atoms with Crippen molar-refractivity contribution in [3.63, 3.8) is 0 Å². The van der Waals surface area contributed by atoms with Crippen molar-refractivity contribution in [2.24, 2.45) is 12.8 Å². The molecule has 0 aliphatic rings. The second-order valence-corrected chi connectivity index (χ2v) is 4.62. The molecule has 0 saturated carbocycles. The standard InChI is InChI=1S/C14H18N2O3/c1-8-13(10(15)7-12(17)18)9-5-4-6-11(19-3)14(9)16(8)2/h4-6,10H,7,15H2,1-3H3,(H,17,18). The number of ether oxygens (including phenoxy) is 1. The first-order valence-electron chi connectivity index (χ1n) is 6.06. The fourth-order valence-corrected chi connectivity index (χ4v) is 2.55. The molecule has 0 aliphatic heterocycles. The molecule has 0 amide bonds. The molecule has 1 heterocycles. The van der Waals surface area contributed by atoms with Crippen LogP contribution in [-0.4, -0.2) is 22.8 Å². The second-order valence-electron chi connectivity index (χ2n) is 4.62. The van der Waals surface area contributed by atoms with Gasteiger partial charge in [-0.05, 0) is 18.6 Å². The van der Waals surface area contributed by atoms with Gasteiger partial charge in [0.2, 0.25) is 0 Å². The molecule has 1 aromatic heterocycles. The van der Waals surface area contributed by atoms with Gasteiger partial charge in [0.1, 0.15) is 5.75 Å². The van der Waals surface area contributed by atoms with Gasteiger partial charge in [-0.2, -0.15) is 0 Å². The van der Waals surface area contributed by atoms with Gasteiger partial charge in [-0.3, -0.25) is 4.79 Å². The Bertz CT molecular complexity index is 631. The summed E-state index contributed by atoms with van der Waals surface area (Å²) in [5, 5.41) is 9.86. The number of rotatable bonds is 4. The highest BCUT2D eigenvalue weighted by atomic mass is 16.5. The number of nitrogens with two attached hydrogens (primary N) is 1. The first kappa shape index (κ1) is 13.4. The summed E-state index contributed by atoms with van der Waals surface area (Å²) in [4.78, 5) is 10.8. The van der Waals surface area contributed by atoms with Crippen molar-refractivity contribution in [1.29, 1.82) is 0 Å². The lowest BCUT2D eigenvalue weighted by atomic mass is 10.0. The SMILES string of the molecule is COc1cccc2c(C(N)CC(=O)O)c(C)n(C)c12. The number of aryl methyl sites for hydroxylation is 1. The maximum absolute atomic E-state index is 10.8. The van der Waals surface area contributed by atoms with E-state index in [0.29, 0.717) is 0 Å². The van der Waals surface area contributed by atoms with Gasteiger partial charge in [0.25, 0.3) is 0 Å². The van der Waals surface area contributed by atoms with Crippen LogP contribution in [0.15, 0.2) is 18.2 Å². The predicted molar refractivity (Wildman–Crippen MR) is 73.4 cm³/mol. The van der Waals surface area contributed by atoms with Crippen LogP contribution in [0.5, 0.6) is 5.75 Å². The Kier molecular flexibility index (Phi) is 3.48. The van der Waals surface area contributed by atoms with Gasteiger partial charge in [0, 0.05) is 24.2 Å². The van der Waals surface area contributed by atoms with Gasteiger partial charge in [0.15, 0.2) is 0 Å². The van der Waals surface area contributed by atoms with E-state index in [0.717, 1.165) is 27.9 Å². The number of para-hydroxylation sites is 1. The average Bonchev–Trinajstić information content (AvgIpc) is 2.61. The number of methoxy groups -OCH3 is 1. The van der Waals surface area contributed by atoms with Crippen LogP contribution < -0.4 is 10.5 Å². The van der Waals surface area contributed by atoms with Crippen LogP contribution in [0.4, 0.5) is 0 Å². The first-order chi connectivity index (χ1) is 8.97. The minimum absolute atomic E-state index is 0.0861. The van der Waals surface area contributed by atoms with Gasteiger partial charge < -0.3 is 20.1 Å². The molecule has 0 fully saturated rings. The second kappa shape index (κ2) is 4.93. The summed E-state index contributed by atoms with van der Waals surface area (Å²) in [5.74, 6) is -0.135. The van der Waals surface area contributed by atoms with Crippen molar-refractivity contribution in [1.82, 2.24) is 4.57 Å². The van der Waals surface area contributed by atoms with E-state index in [1.165, 1.54) is 0 Å². The highest BCUT2D eigenvalue weighted by molar-refractivity contribution is 5.91. The lowest BCUT2D eigenvalue weighted by Gasteiger charge is -2.10. The van der Waals surface area contributed by atoms with E-state index in [2.05, 4.69) is 0 Å². The lowest BCUT2D eigenvalue weighted by molar-refractivity contribution is -0.137. The molecule has 1 atom stereocenters. The molecule has 102 valence electrons. The fourth-order valence-electron chi connectivity index (χ4n) is 2.55. The normalized spacial score (nSPS) is 12.6. The molecule has 1 unspecified atom stereocenters. The van der Waals surface area contributed by atoms with Gasteiger partial charge in [0.05, 0.1) is 19.0 Å². The summed E-state index contributed by atoms with van der Waals surface area (Å²) in [5.41, 5.74) is 8.82. The number of carbonyl (C=O) groups is 1.